The van der Waals surface area contributed by atoms with Crippen LogP contribution in [0, 0.1) is 0 Å². The summed E-state index contributed by atoms with van der Waals surface area (Å²) in [5, 5.41) is 0. The molecule has 0 radical (unpaired) electrons. The molecule has 0 aromatic rings. The van der Waals surface area contributed by atoms with Crippen molar-refractivity contribution in [1.82, 2.24) is 0 Å². The van der Waals surface area contributed by atoms with Crippen LogP contribution >= 0.6 is 15.9 Å². The molecular formula is C12H23Br. The predicted molar refractivity (Wildman–Crippen MR) is 65.5 cm³/mol. The molecule has 0 aliphatic rings. The van der Waals surface area contributed by atoms with E-state index in [1.165, 1.54) is 38.5 Å². The van der Waals surface area contributed by atoms with Crippen LogP contribution in [0.4, 0.5) is 0 Å². The Balaban J connectivity index is 3.16. The van der Waals surface area contributed by atoms with Gasteiger partial charge in [-0.1, -0.05) is 74.0 Å². The minimum atomic E-state index is 0.606. The Morgan fingerprint density at radius 1 is 1.08 bits per heavy atom. The number of rotatable bonds is 8. The largest absolute Gasteiger partial charge is 0.0877 e. The first-order valence-corrected chi connectivity index (χ1v) is 6.53. The van der Waals surface area contributed by atoms with Crippen LogP contribution in [0.15, 0.2) is 12.2 Å². The number of unbranched alkanes of at least 4 members (excludes halogenated alkanes) is 4. The minimum absolute atomic E-state index is 0.606. The van der Waals surface area contributed by atoms with Gasteiger partial charge >= 0.3 is 0 Å². The lowest BCUT2D eigenvalue weighted by molar-refractivity contribution is 0.616. The van der Waals surface area contributed by atoms with Crippen molar-refractivity contribution < 1.29 is 0 Å². The van der Waals surface area contributed by atoms with Crippen molar-refractivity contribution in [2.24, 2.45) is 0 Å². The molecule has 0 rings (SSSR count). The quantitative estimate of drug-likeness (QED) is 0.319. The highest BCUT2D eigenvalue weighted by Gasteiger charge is 1.97. The third-order valence-corrected chi connectivity index (χ3v) is 2.93. The van der Waals surface area contributed by atoms with Crippen LogP contribution in [0.25, 0.3) is 0 Å². The van der Waals surface area contributed by atoms with E-state index in [9.17, 15) is 0 Å². The van der Waals surface area contributed by atoms with Gasteiger partial charge in [-0.25, -0.2) is 0 Å². The zero-order valence-electron chi connectivity index (χ0n) is 9.06. The van der Waals surface area contributed by atoms with Gasteiger partial charge in [0, 0.05) is 4.83 Å². The first-order valence-electron chi connectivity index (χ1n) is 5.62. The lowest BCUT2D eigenvalue weighted by atomic mass is 10.1. The van der Waals surface area contributed by atoms with Crippen molar-refractivity contribution in [3.63, 3.8) is 0 Å². The third-order valence-electron chi connectivity index (χ3n) is 2.16. The second kappa shape index (κ2) is 10.3. The summed E-state index contributed by atoms with van der Waals surface area (Å²) in [5.74, 6) is 0. The summed E-state index contributed by atoms with van der Waals surface area (Å²) in [7, 11) is 0. The van der Waals surface area contributed by atoms with Crippen LogP contribution in [0.5, 0.6) is 0 Å². The van der Waals surface area contributed by atoms with E-state index in [1.807, 2.05) is 0 Å². The highest BCUT2D eigenvalue weighted by molar-refractivity contribution is 9.09. The molecule has 0 saturated carbocycles. The van der Waals surface area contributed by atoms with Crippen molar-refractivity contribution in [3.05, 3.63) is 12.2 Å². The molecule has 0 amide bonds. The minimum Gasteiger partial charge on any atom is -0.0877 e. The molecule has 0 fully saturated rings. The van der Waals surface area contributed by atoms with Gasteiger partial charge in [0.25, 0.3) is 0 Å². The summed E-state index contributed by atoms with van der Waals surface area (Å²) in [6, 6.07) is 0. The van der Waals surface area contributed by atoms with E-state index >= 15 is 0 Å². The number of hydrogen-bond donors (Lipinski definition) is 0. The molecule has 0 heterocycles. The highest BCUT2D eigenvalue weighted by Crippen LogP contribution is 2.13. The van der Waals surface area contributed by atoms with Crippen LogP contribution in [0.3, 0.4) is 0 Å². The van der Waals surface area contributed by atoms with Crippen molar-refractivity contribution >= 4 is 15.9 Å². The maximum absolute atomic E-state index is 3.66. The fraction of sp³-hybridized carbons (Fsp3) is 0.833. The van der Waals surface area contributed by atoms with Gasteiger partial charge in [0.15, 0.2) is 0 Å². The molecule has 0 aliphatic heterocycles. The summed E-state index contributed by atoms with van der Waals surface area (Å²) in [4.78, 5) is 0.606. The number of halogens is 1. The highest BCUT2D eigenvalue weighted by atomic mass is 79.9. The molecule has 0 bridgehead atoms. The maximum atomic E-state index is 3.66. The Labute approximate surface area is 91.9 Å². The second-order valence-electron chi connectivity index (χ2n) is 3.56. The third kappa shape index (κ3) is 10.1. The van der Waals surface area contributed by atoms with Gasteiger partial charge in [-0.05, 0) is 12.8 Å². The van der Waals surface area contributed by atoms with E-state index in [-0.39, 0.29) is 0 Å². The normalized spacial score (nSPS) is 13.8. The van der Waals surface area contributed by atoms with E-state index in [0.29, 0.717) is 4.83 Å². The smallest absolute Gasteiger partial charge is 0.0325 e. The topological polar surface area (TPSA) is 0 Å². The molecule has 0 saturated heterocycles. The lowest BCUT2D eigenvalue weighted by Gasteiger charge is -2.03. The summed E-state index contributed by atoms with van der Waals surface area (Å²) >= 11 is 3.66. The van der Waals surface area contributed by atoms with Gasteiger partial charge < -0.3 is 0 Å². The molecule has 0 nitrogen and oxygen atoms in total. The van der Waals surface area contributed by atoms with Gasteiger partial charge in [-0.3, -0.25) is 0 Å². The molecule has 0 aromatic heterocycles. The van der Waals surface area contributed by atoms with E-state index in [4.69, 9.17) is 0 Å². The summed E-state index contributed by atoms with van der Waals surface area (Å²) in [6.45, 7) is 4.44. The van der Waals surface area contributed by atoms with E-state index < -0.39 is 0 Å². The summed E-state index contributed by atoms with van der Waals surface area (Å²) in [5.41, 5.74) is 0. The van der Waals surface area contributed by atoms with E-state index in [2.05, 4.69) is 41.9 Å². The predicted octanol–water partition coefficient (Wildman–Crippen LogP) is 5.08. The molecule has 0 aromatic carbocycles. The molecule has 13 heavy (non-hydrogen) atoms. The Bertz CT molecular complexity index is 118. The van der Waals surface area contributed by atoms with Crippen molar-refractivity contribution in [2.45, 2.75) is 63.6 Å². The Kier molecular flexibility index (Phi) is 10.5. The molecule has 0 spiro atoms. The van der Waals surface area contributed by atoms with Crippen LogP contribution in [-0.2, 0) is 0 Å². The van der Waals surface area contributed by atoms with Crippen molar-refractivity contribution in [2.75, 3.05) is 0 Å². The van der Waals surface area contributed by atoms with Gasteiger partial charge in [0.05, 0.1) is 0 Å². The first-order chi connectivity index (χ1) is 6.31. The fourth-order valence-corrected chi connectivity index (χ4v) is 1.86. The first kappa shape index (κ1) is 13.2. The average molecular weight is 247 g/mol. The Morgan fingerprint density at radius 3 is 2.38 bits per heavy atom. The van der Waals surface area contributed by atoms with Gasteiger partial charge in [-0.2, -0.15) is 0 Å². The van der Waals surface area contributed by atoms with Crippen LogP contribution in [-0.4, -0.2) is 4.83 Å². The molecule has 1 unspecified atom stereocenters. The van der Waals surface area contributed by atoms with E-state index in [0.717, 1.165) is 6.42 Å². The maximum Gasteiger partial charge on any atom is 0.0325 e. The molecule has 78 valence electrons. The zero-order valence-corrected chi connectivity index (χ0v) is 10.6. The van der Waals surface area contributed by atoms with Crippen LogP contribution in [0.1, 0.15) is 58.8 Å². The molecular weight excluding hydrogens is 224 g/mol. The van der Waals surface area contributed by atoms with Gasteiger partial charge in [-0.15, -0.1) is 0 Å². The Hall–Kier alpha value is 0.220. The number of alkyl halides is 1. The average Bonchev–Trinajstić information content (AvgIpc) is 2.14. The van der Waals surface area contributed by atoms with Crippen molar-refractivity contribution in [1.29, 1.82) is 0 Å². The molecule has 1 heteroatoms. The molecule has 0 N–H and O–H groups in total. The zero-order chi connectivity index (χ0) is 9.94. The van der Waals surface area contributed by atoms with Crippen molar-refractivity contribution in [3.8, 4) is 0 Å². The second-order valence-corrected chi connectivity index (χ2v) is 4.73. The van der Waals surface area contributed by atoms with Gasteiger partial charge in [0.1, 0.15) is 0 Å². The molecule has 0 aliphatic carbocycles. The fourth-order valence-electron chi connectivity index (χ4n) is 1.32. The van der Waals surface area contributed by atoms with Crippen LogP contribution < -0.4 is 0 Å². The molecule has 1 atom stereocenters. The van der Waals surface area contributed by atoms with Gasteiger partial charge in [0.2, 0.25) is 0 Å². The lowest BCUT2D eigenvalue weighted by Crippen LogP contribution is -1.92. The summed E-state index contributed by atoms with van der Waals surface area (Å²) < 4.78 is 0. The SMILES string of the molecule is CC/C=C/C(Br)CCCCCCC. The monoisotopic (exact) mass is 246 g/mol. The number of allylic oxidation sites excluding steroid dienone is 2. The Morgan fingerprint density at radius 2 is 1.77 bits per heavy atom. The summed E-state index contributed by atoms with van der Waals surface area (Å²) in [6.07, 6.45) is 13.9. The standard InChI is InChI=1S/C12H23Br/c1-3-5-7-8-9-11-12(13)10-6-4-2/h6,10,12H,3-5,7-9,11H2,1-2H3/b10-6+. The van der Waals surface area contributed by atoms with Crippen LogP contribution in [0.2, 0.25) is 0 Å². The van der Waals surface area contributed by atoms with E-state index in [1.54, 1.807) is 0 Å². The number of hydrogen-bond acceptors (Lipinski definition) is 0.